The molecule has 2 fully saturated rings. The number of aromatic nitrogens is 6. The first-order valence-corrected chi connectivity index (χ1v) is 15.1. The van der Waals surface area contributed by atoms with Gasteiger partial charge in [0.15, 0.2) is 23.0 Å². The van der Waals surface area contributed by atoms with Crippen molar-refractivity contribution in [1.29, 1.82) is 0 Å². The zero-order chi connectivity index (χ0) is 31.4. The van der Waals surface area contributed by atoms with E-state index in [0.29, 0.717) is 52.3 Å². The number of ketones is 1. The fraction of sp³-hybridized carbons (Fsp3) is 0.333. The van der Waals surface area contributed by atoms with Crippen LogP contribution in [-0.2, 0) is 6.42 Å². The molecule has 230 valence electrons. The van der Waals surface area contributed by atoms with Crippen molar-refractivity contribution in [3.63, 3.8) is 0 Å². The number of fused-ring (bicyclic) bond motifs is 3. The van der Waals surface area contributed by atoms with E-state index in [9.17, 15) is 14.0 Å². The fourth-order valence-corrected chi connectivity index (χ4v) is 7.07. The van der Waals surface area contributed by atoms with Gasteiger partial charge < -0.3 is 15.4 Å². The molecule has 12 heteroatoms. The van der Waals surface area contributed by atoms with E-state index in [1.165, 1.54) is 24.6 Å². The molecule has 2 saturated heterocycles. The summed E-state index contributed by atoms with van der Waals surface area (Å²) < 4.78 is 20.8. The quantitative estimate of drug-likeness (QED) is 0.239. The number of rotatable bonds is 7. The molecule has 3 N–H and O–H groups in total. The van der Waals surface area contributed by atoms with Crippen LogP contribution in [0.15, 0.2) is 48.9 Å². The minimum absolute atomic E-state index is 0.0172. The van der Waals surface area contributed by atoms with Crippen molar-refractivity contribution in [2.75, 3.05) is 12.8 Å². The molecule has 0 saturated carbocycles. The molecule has 2 aliphatic rings. The maximum atomic E-state index is 14.3. The maximum Gasteiger partial charge on any atom is 0.272 e. The van der Waals surface area contributed by atoms with Gasteiger partial charge in [0.2, 0.25) is 0 Å². The van der Waals surface area contributed by atoms with Gasteiger partial charge in [0, 0.05) is 46.5 Å². The molecule has 2 atom stereocenters. The third-order valence-electron chi connectivity index (χ3n) is 9.25. The van der Waals surface area contributed by atoms with Crippen LogP contribution in [0, 0.1) is 5.82 Å². The molecule has 2 aliphatic heterocycles. The molecule has 5 aromatic rings. The second-order valence-corrected chi connectivity index (χ2v) is 11.8. The normalized spacial score (nSPS) is 19.3. The lowest BCUT2D eigenvalue weighted by molar-refractivity contribution is 0.0561. The van der Waals surface area contributed by atoms with Crippen LogP contribution in [0.5, 0.6) is 5.75 Å². The SMILES string of the molecule is CCc1cn[nH]c1C(=O)N1C2CCC1CC(c1nc3c(-c4ccc(-c5ccc(OC)c(F)c5)nc4)cnn3c(N)c1C(C)=O)C2. The van der Waals surface area contributed by atoms with E-state index in [-0.39, 0.29) is 41.3 Å². The number of nitrogens with one attached hydrogen (secondary N) is 1. The number of nitrogens with two attached hydrogens (primary N) is 1. The van der Waals surface area contributed by atoms with Gasteiger partial charge in [-0.2, -0.15) is 14.7 Å². The number of nitrogen functional groups attached to an aromatic ring is 1. The molecule has 45 heavy (non-hydrogen) atoms. The van der Waals surface area contributed by atoms with Crippen molar-refractivity contribution < 1.29 is 18.7 Å². The van der Waals surface area contributed by atoms with Gasteiger partial charge in [-0.1, -0.05) is 13.0 Å². The monoisotopic (exact) mass is 608 g/mol. The van der Waals surface area contributed by atoms with E-state index >= 15 is 0 Å². The summed E-state index contributed by atoms with van der Waals surface area (Å²) in [6.45, 7) is 3.50. The third-order valence-corrected chi connectivity index (χ3v) is 9.25. The van der Waals surface area contributed by atoms with E-state index in [4.69, 9.17) is 15.5 Å². The molecule has 0 spiro atoms. The molecule has 1 amide bonds. The topological polar surface area (TPSA) is 144 Å². The maximum absolute atomic E-state index is 14.3. The summed E-state index contributed by atoms with van der Waals surface area (Å²) in [5.74, 6) is -0.312. The van der Waals surface area contributed by atoms with Crippen LogP contribution in [0.1, 0.15) is 77.6 Å². The third kappa shape index (κ3) is 4.71. The Balaban J connectivity index is 1.23. The van der Waals surface area contributed by atoms with E-state index in [1.54, 1.807) is 30.7 Å². The number of piperidine rings is 1. The Morgan fingerprint density at radius 2 is 1.84 bits per heavy atom. The number of hydrogen-bond donors (Lipinski definition) is 2. The van der Waals surface area contributed by atoms with E-state index < -0.39 is 5.82 Å². The highest BCUT2D eigenvalue weighted by Crippen LogP contribution is 2.45. The summed E-state index contributed by atoms with van der Waals surface area (Å²) >= 11 is 0. The Hall–Kier alpha value is -5.13. The van der Waals surface area contributed by atoms with Crippen LogP contribution in [0.4, 0.5) is 10.2 Å². The number of methoxy groups -OCH3 is 1. The van der Waals surface area contributed by atoms with Gasteiger partial charge in [0.1, 0.15) is 11.5 Å². The highest BCUT2D eigenvalue weighted by Gasteiger charge is 2.45. The number of carbonyl (C=O) groups is 2. The van der Waals surface area contributed by atoms with Gasteiger partial charge in [-0.25, -0.2) is 9.37 Å². The molecule has 0 aliphatic carbocycles. The summed E-state index contributed by atoms with van der Waals surface area (Å²) in [5, 5.41) is 11.5. The summed E-state index contributed by atoms with van der Waals surface area (Å²) in [7, 11) is 1.42. The van der Waals surface area contributed by atoms with Crippen molar-refractivity contribution in [3.8, 4) is 28.1 Å². The number of aryl methyl sites for hydroxylation is 1. The zero-order valence-electron chi connectivity index (χ0n) is 25.2. The Bertz CT molecular complexity index is 1940. The van der Waals surface area contributed by atoms with Crippen molar-refractivity contribution in [2.24, 2.45) is 0 Å². The van der Waals surface area contributed by atoms with Crippen LogP contribution in [-0.4, -0.2) is 65.6 Å². The predicted molar refractivity (Wildman–Crippen MR) is 166 cm³/mol. The molecule has 7 rings (SSSR count). The van der Waals surface area contributed by atoms with Gasteiger partial charge in [-0.15, -0.1) is 0 Å². The number of ether oxygens (including phenoxy) is 1. The Kier molecular flexibility index (Phi) is 7.06. The lowest BCUT2D eigenvalue weighted by Gasteiger charge is -2.39. The van der Waals surface area contributed by atoms with Gasteiger partial charge >= 0.3 is 0 Å². The number of pyridine rings is 1. The zero-order valence-corrected chi connectivity index (χ0v) is 25.2. The van der Waals surface area contributed by atoms with Crippen molar-refractivity contribution >= 4 is 23.2 Å². The molecule has 4 aromatic heterocycles. The Morgan fingerprint density at radius 3 is 2.49 bits per heavy atom. The van der Waals surface area contributed by atoms with E-state index in [1.807, 2.05) is 24.0 Å². The Labute approximate surface area is 258 Å². The first-order chi connectivity index (χ1) is 21.8. The van der Waals surface area contributed by atoms with Gasteiger partial charge in [-0.05, 0) is 63.3 Å². The molecule has 2 unspecified atom stereocenters. The average Bonchev–Trinajstić information content (AvgIpc) is 3.76. The van der Waals surface area contributed by atoms with Crippen molar-refractivity contribution in [2.45, 2.75) is 64.0 Å². The van der Waals surface area contributed by atoms with Crippen LogP contribution < -0.4 is 10.5 Å². The second kappa shape index (κ2) is 11.1. The minimum Gasteiger partial charge on any atom is -0.494 e. The molecular formula is C33H33FN8O3. The number of amides is 1. The summed E-state index contributed by atoms with van der Waals surface area (Å²) in [6.07, 6.45) is 8.94. The van der Waals surface area contributed by atoms with Crippen LogP contribution in [0.3, 0.4) is 0 Å². The summed E-state index contributed by atoms with van der Waals surface area (Å²) in [4.78, 5) is 38.2. The lowest BCUT2D eigenvalue weighted by atomic mass is 9.85. The standard InChI is InChI=1S/C33H33FN8O3/c1-4-18-15-37-40-30(18)33(44)41-22-7-8-23(41)12-21(11-22)29-28(17(2)43)31(35)42-32(39-29)24(16-38-42)20-5-9-26(36-14-20)19-6-10-27(45-3)25(34)13-19/h5-6,9-10,13-16,21-23H,4,7-8,11-12,35H2,1-3H3,(H,37,40). The average molecular weight is 609 g/mol. The highest BCUT2D eigenvalue weighted by atomic mass is 19.1. The second-order valence-electron chi connectivity index (χ2n) is 11.8. The largest absolute Gasteiger partial charge is 0.494 e. The van der Waals surface area contributed by atoms with Gasteiger partial charge in [0.25, 0.3) is 5.91 Å². The Morgan fingerprint density at radius 1 is 1.09 bits per heavy atom. The molecular weight excluding hydrogens is 575 g/mol. The molecule has 2 bridgehead atoms. The number of H-pyrrole nitrogens is 1. The molecule has 0 radical (unpaired) electrons. The molecule has 1 aromatic carbocycles. The smallest absolute Gasteiger partial charge is 0.272 e. The summed E-state index contributed by atoms with van der Waals surface area (Å²) in [6, 6.07) is 8.44. The number of anilines is 1. The van der Waals surface area contributed by atoms with E-state index in [0.717, 1.165) is 30.4 Å². The minimum atomic E-state index is -0.465. The number of Topliss-reactive ketones (excluding diaryl/α,β-unsaturated/α-hetero) is 1. The van der Waals surface area contributed by atoms with Crippen LogP contribution in [0.2, 0.25) is 0 Å². The fourth-order valence-electron chi connectivity index (χ4n) is 7.07. The number of carbonyl (C=O) groups excluding carboxylic acids is 2. The molecule has 11 nitrogen and oxygen atoms in total. The number of hydrogen-bond acceptors (Lipinski definition) is 8. The first-order valence-electron chi connectivity index (χ1n) is 15.1. The predicted octanol–water partition coefficient (Wildman–Crippen LogP) is 5.23. The number of benzene rings is 1. The van der Waals surface area contributed by atoms with Crippen LogP contribution in [0.25, 0.3) is 28.0 Å². The van der Waals surface area contributed by atoms with Crippen molar-refractivity contribution in [1.82, 2.24) is 34.7 Å². The van der Waals surface area contributed by atoms with E-state index in [2.05, 4.69) is 20.3 Å². The highest BCUT2D eigenvalue weighted by molar-refractivity contribution is 6.00. The van der Waals surface area contributed by atoms with Gasteiger partial charge in [-0.3, -0.25) is 19.7 Å². The number of halogens is 1. The van der Waals surface area contributed by atoms with Gasteiger partial charge in [0.05, 0.1) is 36.5 Å². The first kappa shape index (κ1) is 28.6. The van der Waals surface area contributed by atoms with Crippen molar-refractivity contribution in [3.05, 3.63) is 77.3 Å². The number of nitrogens with zero attached hydrogens (tertiary/aromatic N) is 6. The van der Waals surface area contributed by atoms with Crippen LogP contribution >= 0.6 is 0 Å². The molecule has 6 heterocycles. The number of aromatic amines is 1. The lowest BCUT2D eigenvalue weighted by Crippen LogP contribution is -2.46. The summed E-state index contributed by atoms with van der Waals surface area (Å²) in [5.41, 5.74) is 12.3.